The molecule has 6 heteroatoms. The Bertz CT molecular complexity index is 672. The zero-order valence-electron chi connectivity index (χ0n) is 13.4. The van der Waals surface area contributed by atoms with E-state index in [1.54, 1.807) is 12.1 Å². The van der Waals surface area contributed by atoms with Gasteiger partial charge >= 0.3 is 6.18 Å². The predicted octanol–water partition coefficient (Wildman–Crippen LogP) is 4.18. The minimum Gasteiger partial charge on any atom is -0.493 e. The van der Waals surface area contributed by atoms with Gasteiger partial charge in [-0.1, -0.05) is 18.2 Å². The molecular weight excluding hydrogens is 319 g/mol. The molecule has 130 valence electrons. The van der Waals surface area contributed by atoms with Gasteiger partial charge in [0, 0.05) is 0 Å². The molecule has 0 radical (unpaired) electrons. The Labute approximate surface area is 139 Å². The van der Waals surface area contributed by atoms with Gasteiger partial charge in [0.05, 0.1) is 12.7 Å². The highest BCUT2D eigenvalue weighted by atomic mass is 19.4. The van der Waals surface area contributed by atoms with E-state index in [-0.39, 0.29) is 6.61 Å². The Kier molecular flexibility index (Phi) is 6.09. The van der Waals surface area contributed by atoms with Crippen molar-refractivity contribution in [1.29, 1.82) is 0 Å². The van der Waals surface area contributed by atoms with Crippen LogP contribution in [0.15, 0.2) is 42.5 Å². The van der Waals surface area contributed by atoms with E-state index in [0.717, 1.165) is 30.5 Å². The molecule has 3 nitrogen and oxygen atoms in total. The van der Waals surface area contributed by atoms with Crippen molar-refractivity contribution in [3.05, 3.63) is 59.2 Å². The number of aryl methyl sites for hydroxylation is 1. The van der Waals surface area contributed by atoms with Gasteiger partial charge in [0.1, 0.15) is 6.61 Å². The van der Waals surface area contributed by atoms with Gasteiger partial charge in [-0.15, -0.1) is 0 Å². The lowest BCUT2D eigenvalue weighted by molar-refractivity contribution is -0.137. The van der Waals surface area contributed by atoms with Crippen LogP contribution >= 0.6 is 0 Å². The van der Waals surface area contributed by atoms with Crippen LogP contribution in [0.4, 0.5) is 13.2 Å². The van der Waals surface area contributed by atoms with Gasteiger partial charge in [-0.05, 0) is 54.8 Å². The summed E-state index contributed by atoms with van der Waals surface area (Å²) in [6, 6.07) is 10.6. The molecule has 0 amide bonds. The molecule has 0 unspecified atom stereocenters. The third-order valence-electron chi connectivity index (χ3n) is 3.55. The summed E-state index contributed by atoms with van der Waals surface area (Å²) in [5.74, 6) is 1.04. The molecule has 0 bridgehead atoms. The molecule has 0 saturated carbocycles. The van der Waals surface area contributed by atoms with Crippen molar-refractivity contribution >= 4 is 0 Å². The SMILES string of the molecule is COc1cc(CCCN)ccc1OCc1cccc(C(F)(F)F)c1. The Balaban J connectivity index is 2.09. The predicted molar refractivity (Wildman–Crippen MR) is 86.1 cm³/mol. The molecule has 0 aliphatic heterocycles. The van der Waals surface area contributed by atoms with Crippen LogP contribution in [0.3, 0.4) is 0 Å². The Hall–Kier alpha value is -2.21. The summed E-state index contributed by atoms with van der Waals surface area (Å²) in [5.41, 5.74) is 6.32. The molecule has 2 N–H and O–H groups in total. The van der Waals surface area contributed by atoms with E-state index in [0.29, 0.717) is 23.6 Å². The van der Waals surface area contributed by atoms with E-state index in [9.17, 15) is 13.2 Å². The molecule has 24 heavy (non-hydrogen) atoms. The maximum atomic E-state index is 12.7. The number of hydrogen-bond acceptors (Lipinski definition) is 3. The highest BCUT2D eigenvalue weighted by molar-refractivity contribution is 5.43. The zero-order chi connectivity index (χ0) is 17.6. The molecule has 0 saturated heterocycles. The minimum absolute atomic E-state index is 0.0302. The first-order valence-corrected chi connectivity index (χ1v) is 7.60. The van der Waals surface area contributed by atoms with E-state index in [1.807, 2.05) is 12.1 Å². The summed E-state index contributed by atoms with van der Waals surface area (Å²) in [6.07, 6.45) is -2.66. The number of alkyl halides is 3. The molecule has 2 rings (SSSR count). The van der Waals surface area contributed by atoms with Crippen molar-refractivity contribution in [2.75, 3.05) is 13.7 Å². The smallest absolute Gasteiger partial charge is 0.416 e. The van der Waals surface area contributed by atoms with E-state index in [1.165, 1.54) is 13.2 Å². The van der Waals surface area contributed by atoms with Crippen LogP contribution in [0, 0.1) is 0 Å². The van der Waals surface area contributed by atoms with Crippen LogP contribution in [-0.4, -0.2) is 13.7 Å². The van der Waals surface area contributed by atoms with Crippen LogP contribution in [0.5, 0.6) is 11.5 Å². The summed E-state index contributed by atoms with van der Waals surface area (Å²) in [4.78, 5) is 0. The Morgan fingerprint density at radius 1 is 1.00 bits per heavy atom. The van der Waals surface area contributed by atoms with Gasteiger partial charge < -0.3 is 15.2 Å². The highest BCUT2D eigenvalue weighted by Crippen LogP contribution is 2.31. The first-order valence-electron chi connectivity index (χ1n) is 7.60. The lowest BCUT2D eigenvalue weighted by atomic mass is 10.1. The second kappa shape index (κ2) is 8.06. The highest BCUT2D eigenvalue weighted by Gasteiger charge is 2.30. The molecule has 0 atom stereocenters. The van der Waals surface area contributed by atoms with Gasteiger partial charge in [-0.25, -0.2) is 0 Å². The van der Waals surface area contributed by atoms with Crippen LogP contribution < -0.4 is 15.2 Å². The van der Waals surface area contributed by atoms with Crippen molar-refractivity contribution in [2.24, 2.45) is 5.73 Å². The molecule has 0 aliphatic rings. The number of methoxy groups -OCH3 is 1. The molecular formula is C18H20F3NO2. The Morgan fingerprint density at radius 2 is 1.79 bits per heavy atom. The van der Waals surface area contributed by atoms with Crippen molar-refractivity contribution in [3.8, 4) is 11.5 Å². The zero-order valence-corrected chi connectivity index (χ0v) is 13.4. The fourth-order valence-electron chi connectivity index (χ4n) is 2.29. The van der Waals surface area contributed by atoms with Gasteiger partial charge in [-0.3, -0.25) is 0 Å². The summed E-state index contributed by atoms with van der Waals surface area (Å²) in [6.45, 7) is 0.637. The monoisotopic (exact) mass is 339 g/mol. The molecule has 0 spiro atoms. The Morgan fingerprint density at radius 3 is 2.46 bits per heavy atom. The largest absolute Gasteiger partial charge is 0.493 e. The first kappa shape index (κ1) is 18.1. The van der Waals surface area contributed by atoms with Crippen molar-refractivity contribution in [1.82, 2.24) is 0 Å². The van der Waals surface area contributed by atoms with E-state index < -0.39 is 11.7 Å². The topological polar surface area (TPSA) is 44.5 Å². The maximum absolute atomic E-state index is 12.7. The summed E-state index contributed by atoms with van der Waals surface area (Å²) < 4.78 is 49.1. The molecule has 0 fully saturated rings. The van der Waals surface area contributed by atoms with Crippen LogP contribution in [0.2, 0.25) is 0 Å². The second-order valence-electron chi connectivity index (χ2n) is 5.36. The number of rotatable bonds is 7. The fourth-order valence-corrected chi connectivity index (χ4v) is 2.29. The second-order valence-corrected chi connectivity index (χ2v) is 5.36. The van der Waals surface area contributed by atoms with Gasteiger partial charge in [0.25, 0.3) is 0 Å². The van der Waals surface area contributed by atoms with Crippen molar-refractivity contribution < 1.29 is 22.6 Å². The summed E-state index contributed by atoms with van der Waals surface area (Å²) in [5, 5.41) is 0. The molecule has 0 aliphatic carbocycles. The molecule has 2 aromatic carbocycles. The van der Waals surface area contributed by atoms with Crippen LogP contribution in [0.1, 0.15) is 23.1 Å². The van der Waals surface area contributed by atoms with E-state index in [2.05, 4.69) is 0 Å². The minimum atomic E-state index is -4.36. The number of benzene rings is 2. The standard InChI is InChI=1S/C18H20F3NO2/c1-23-17-11-13(5-3-9-22)7-8-16(17)24-12-14-4-2-6-15(10-14)18(19,20)21/h2,4,6-8,10-11H,3,5,9,12,22H2,1H3. The third-order valence-corrected chi connectivity index (χ3v) is 3.55. The fraction of sp³-hybridized carbons (Fsp3) is 0.333. The number of halogens is 3. The summed E-state index contributed by atoms with van der Waals surface area (Å²) >= 11 is 0. The van der Waals surface area contributed by atoms with Gasteiger partial charge in [-0.2, -0.15) is 13.2 Å². The third kappa shape index (κ3) is 4.89. The normalized spacial score (nSPS) is 11.4. The lowest BCUT2D eigenvalue weighted by Crippen LogP contribution is -2.06. The number of ether oxygens (including phenoxy) is 2. The molecule has 2 aromatic rings. The molecule has 0 heterocycles. The quantitative estimate of drug-likeness (QED) is 0.823. The lowest BCUT2D eigenvalue weighted by Gasteiger charge is -2.13. The van der Waals surface area contributed by atoms with E-state index >= 15 is 0 Å². The molecule has 0 aromatic heterocycles. The maximum Gasteiger partial charge on any atom is 0.416 e. The first-order chi connectivity index (χ1) is 11.4. The van der Waals surface area contributed by atoms with E-state index in [4.69, 9.17) is 15.2 Å². The van der Waals surface area contributed by atoms with Gasteiger partial charge in [0.15, 0.2) is 11.5 Å². The van der Waals surface area contributed by atoms with Crippen LogP contribution in [0.25, 0.3) is 0 Å². The average molecular weight is 339 g/mol. The van der Waals surface area contributed by atoms with Crippen molar-refractivity contribution in [2.45, 2.75) is 25.6 Å². The summed E-state index contributed by atoms with van der Waals surface area (Å²) in [7, 11) is 1.53. The number of hydrogen-bond donors (Lipinski definition) is 1. The van der Waals surface area contributed by atoms with Crippen molar-refractivity contribution in [3.63, 3.8) is 0 Å². The average Bonchev–Trinajstić information content (AvgIpc) is 2.58. The van der Waals surface area contributed by atoms with Gasteiger partial charge in [0.2, 0.25) is 0 Å². The van der Waals surface area contributed by atoms with Crippen LogP contribution in [-0.2, 0) is 19.2 Å². The number of nitrogens with two attached hydrogens (primary N) is 1.